The van der Waals surface area contributed by atoms with Crippen LogP contribution in [-0.4, -0.2) is 101 Å². The van der Waals surface area contributed by atoms with Crippen molar-refractivity contribution in [1.29, 1.82) is 0 Å². The molecule has 1 aliphatic carbocycles. The van der Waals surface area contributed by atoms with E-state index in [2.05, 4.69) is 25.1 Å². The van der Waals surface area contributed by atoms with Crippen LogP contribution < -0.4 is 19.9 Å². The van der Waals surface area contributed by atoms with Gasteiger partial charge in [-0.3, -0.25) is 10.1 Å². The Bertz CT molecular complexity index is 1350. The highest BCUT2D eigenvalue weighted by Gasteiger charge is 2.60. The highest BCUT2D eigenvalue weighted by molar-refractivity contribution is 5.52. The van der Waals surface area contributed by atoms with Gasteiger partial charge >= 0.3 is 6.01 Å². The van der Waals surface area contributed by atoms with E-state index in [1.807, 2.05) is 27.7 Å². The van der Waals surface area contributed by atoms with E-state index in [9.17, 15) is 10.1 Å². The van der Waals surface area contributed by atoms with E-state index in [1.165, 1.54) is 12.1 Å². The van der Waals surface area contributed by atoms with Gasteiger partial charge in [-0.05, 0) is 52.7 Å². The van der Waals surface area contributed by atoms with Crippen molar-refractivity contribution in [3.05, 3.63) is 34.4 Å². The van der Waals surface area contributed by atoms with Crippen LogP contribution in [0.2, 0.25) is 0 Å². The van der Waals surface area contributed by atoms with Gasteiger partial charge in [0.05, 0.1) is 4.92 Å². The lowest BCUT2D eigenvalue weighted by Crippen LogP contribution is -2.56. The second kappa shape index (κ2) is 10.7. The minimum Gasteiger partial charge on any atom is -0.460 e. The number of nitrogens with one attached hydrogen (secondary N) is 1. The lowest BCUT2D eigenvalue weighted by molar-refractivity contribution is -0.384. The first-order valence-corrected chi connectivity index (χ1v) is 14.8. The fraction of sp³-hybridized carbons (Fsp3) is 0.679. The number of aromatic nitrogens is 3. The molecule has 1 aromatic carbocycles. The molecule has 5 fully saturated rings. The van der Waals surface area contributed by atoms with Gasteiger partial charge in [-0.15, -0.1) is 0 Å². The molecule has 0 spiro atoms. The number of non-ortho nitro benzene ring substituents is 1. The molecule has 0 bridgehead atoms. The molecule has 5 aliphatic rings. The van der Waals surface area contributed by atoms with E-state index >= 15 is 0 Å². The number of ether oxygens (including phenoxy) is 6. The summed E-state index contributed by atoms with van der Waals surface area (Å²) < 4.78 is 37.0. The van der Waals surface area contributed by atoms with E-state index in [0.717, 1.165) is 18.5 Å². The van der Waals surface area contributed by atoms with E-state index in [-0.39, 0.29) is 24.4 Å². The first-order valence-electron chi connectivity index (χ1n) is 14.8. The molecule has 2 aromatic rings. The van der Waals surface area contributed by atoms with Crippen molar-refractivity contribution in [1.82, 2.24) is 15.0 Å². The van der Waals surface area contributed by atoms with Crippen molar-refractivity contribution in [2.24, 2.45) is 0 Å². The number of benzene rings is 1. The average molecular weight is 600 g/mol. The number of nitrogens with zero attached hydrogens (tertiary/aromatic N) is 6. The number of rotatable bonds is 8. The van der Waals surface area contributed by atoms with Crippen molar-refractivity contribution >= 4 is 23.3 Å². The maximum Gasteiger partial charge on any atom is 0.323 e. The van der Waals surface area contributed by atoms with Gasteiger partial charge in [-0.25, -0.2) is 0 Å². The monoisotopic (exact) mass is 599 g/mol. The number of piperazine rings is 1. The Hall–Kier alpha value is -3.37. The van der Waals surface area contributed by atoms with Gasteiger partial charge in [0.2, 0.25) is 11.9 Å². The quantitative estimate of drug-likeness (QED) is 0.349. The summed E-state index contributed by atoms with van der Waals surface area (Å²) >= 11 is 0. The van der Waals surface area contributed by atoms with E-state index < -0.39 is 41.1 Å². The highest BCUT2D eigenvalue weighted by atomic mass is 16.9. The lowest BCUT2D eigenvalue weighted by atomic mass is 9.99. The summed E-state index contributed by atoms with van der Waals surface area (Å²) in [6.45, 7) is 10.3. The summed E-state index contributed by atoms with van der Waals surface area (Å²) in [5, 5.41) is 14.4. The molecule has 0 radical (unpaired) electrons. The molecule has 4 saturated heterocycles. The minimum absolute atomic E-state index is 0.0773. The fourth-order valence-electron chi connectivity index (χ4n) is 5.96. The Balaban J connectivity index is 1.05. The van der Waals surface area contributed by atoms with Gasteiger partial charge in [-0.1, -0.05) is 0 Å². The van der Waals surface area contributed by atoms with E-state index in [4.69, 9.17) is 33.4 Å². The van der Waals surface area contributed by atoms with Crippen LogP contribution in [0.3, 0.4) is 0 Å². The first-order chi connectivity index (χ1) is 20.5. The van der Waals surface area contributed by atoms with Crippen LogP contribution in [0.15, 0.2) is 24.3 Å². The Morgan fingerprint density at radius 1 is 0.907 bits per heavy atom. The summed E-state index contributed by atoms with van der Waals surface area (Å²) in [5.74, 6) is -0.616. The smallest absolute Gasteiger partial charge is 0.323 e. The standard InChI is InChI=1S/C28H37N7O8/c1-27(2)40-20-19(39-23-22(21(20)41-27)42-28(3,4)43-23)15-38-26-31-24(29-16-5-6-16)30-25(32-26)34-13-11-33(12-14-34)17-7-9-18(10-8-17)35(36)37/h7-10,16,19-23H,5-6,11-15H2,1-4H3,(H,29,30,31,32)/t19-,20+,21+,22-,23-/m1/s1. The molecule has 15 heteroatoms. The predicted octanol–water partition coefficient (Wildman–Crippen LogP) is 2.46. The number of hydrogen-bond acceptors (Lipinski definition) is 14. The number of hydrogen-bond donors (Lipinski definition) is 1. The molecule has 5 heterocycles. The molecule has 1 N–H and O–H groups in total. The molecular formula is C28H37N7O8. The predicted molar refractivity (Wildman–Crippen MR) is 152 cm³/mol. The Kier molecular flexibility index (Phi) is 7.04. The van der Waals surface area contributed by atoms with Crippen LogP contribution in [0.5, 0.6) is 6.01 Å². The Labute approximate surface area is 248 Å². The number of nitro benzene ring substituents is 1. The third kappa shape index (κ3) is 6.04. The number of nitro groups is 1. The van der Waals surface area contributed by atoms with E-state index in [0.29, 0.717) is 44.1 Å². The summed E-state index contributed by atoms with van der Waals surface area (Å²) in [4.78, 5) is 28.8. The second-order valence-corrected chi connectivity index (χ2v) is 12.4. The van der Waals surface area contributed by atoms with Crippen molar-refractivity contribution < 1.29 is 33.3 Å². The highest BCUT2D eigenvalue weighted by Crippen LogP contribution is 2.44. The topological polar surface area (TPSA) is 156 Å². The minimum atomic E-state index is -0.805. The van der Waals surface area contributed by atoms with Crippen LogP contribution in [0.25, 0.3) is 0 Å². The summed E-state index contributed by atoms with van der Waals surface area (Å²) in [6, 6.07) is 7.16. The van der Waals surface area contributed by atoms with Gasteiger partial charge in [0.25, 0.3) is 5.69 Å². The molecule has 15 nitrogen and oxygen atoms in total. The van der Waals surface area contributed by atoms with Gasteiger partial charge < -0.3 is 43.5 Å². The van der Waals surface area contributed by atoms with Gasteiger partial charge in [0, 0.05) is 50.0 Å². The Morgan fingerprint density at radius 2 is 1.56 bits per heavy atom. The molecule has 232 valence electrons. The largest absolute Gasteiger partial charge is 0.460 e. The van der Waals surface area contributed by atoms with Crippen molar-refractivity contribution in [3.63, 3.8) is 0 Å². The van der Waals surface area contributed by atoms with Crippen LogP contribution in [-0.2, 0) is 23.7 Å². The summed E-state index contributed by atoms with van der Waals surface area (Å²) in [5.41, 5.74) is 1.02. The molecule has 0 unspecified atom stereocenters. The van der Waals surface area contributed by atoms with Gasteiger partial charge in [-0.2, -0.15) is 15.0 Å². The summed E-state index contributed by atoms with van der Waals surface area (Å²) in [7, 11) is 0. The average Bonchev–Trinajstić information content (AvgIpc) is 3.63. The molecule has 1 saturated carbocycles. The number of anilines is 3. The van der Waals surface area contributed by atoms with Crippen LogP contribution >= 0.6 is 0 Å². The van der Waals surface area contributed by atoms with Gasteiger partial charge in [0.15, 0.2) is 17.9 Å². The molecule has 43 heavy (non-hydrogen) atoms. The van der Waals surface area contributed by atoms with Crippen molar-refractivity contribution in [2.45, 2.75) is 88.9 Å². The molecule has 4 aliphatic heterocycles. The van der Waals surface area contributed by atoms with Crippen LogP contribution in [0.1, 0.15) is 40.5 Å². The molecule has 7 rings (SSSR count). The van der Waals surface area contributed by atoms with E-state index in [1.54, 1.807) is 12.1 Å². The zero-order valence-electron chi connectivity index (χ0n) is 24.7. The zero-order valence-corrected chi connectivity index (χ0v) is 24.7. The maximum atomic E-state index is 11.0. The van der Waals surface area contributed by atoms with Crippen LogP contribution in [0.4, 0.5) is 23.3 Å². The first kappa shape index (κ1) is 28.4. The molecular weight excluding hydrogens is 562 g/mol. The Morgan fingerprint density at radius 3 is 2.26 bits per heavy atom. The molecule has 5 atom stereocenters. The normalized spacial score (nSPS) is 30.9. The summed E-state index contributed by atoms with van der Waals surface area (Å²) in [6.07, 6.45) is -0.202. The van der Waals surface area contributed by atoms with Crippen molar-refractivity contribution in [2.75, 3.05) is 47.9 Å². The fourth-order valence-corrected chi connectivity index (χ4v) is 5.96. The van der Waals surface area contributed by atoms with Crippen LogP contribution in [0, 0.1) is 10.1 Å². The zero-order chi connectivity index (χ0) is 29.9. The third-order valence-corrected chi connectivity index (χ3v) is 8.13. The molecule has 1 aromatic heterocycles. The SMILES string of the molecule is CC1(C)O[C@H]2[C@@H](O1)[C@@H](COc1nc(NC3CC3)nc(N3CCN(c4ccc([N+](=O)[O-])cc4)CC3)n1)O[C@@H]1OC(C)(C)O[C@@H]12. The second-order valence-electron chi connectivity index (χ2n) is 12.4. The third-order valence-electron chi connectivity index (χ3n) is 8.13. The number of fused-ring (bicyclic) bond motifs is 3. The maximum absolute atomic E-state index is 11.0. The van der Waals surface area contributed by atoms with Crippen molar-refractivity contribution in [3.8, 4) is 6.01 Å². The molecule has 0 amide bonds. The van der Waals surface area contributed by atoms with Gasteiger partial charge in [0.1, 0.15) is 31.0 Å². The lowest BCUT2D eigenvalue weighted by Gasteiger charge is -2.37.